The van der Waals surface area contributed by atoms with E-state index >= 15 is 0 Å². The molecule has 2 heterocycles. The standard InChI is InChI=1S/C26H19ClN2O6S/c1-34-16-8-9-18-20(12-16)36-26(28-18)29-22(13-3-6-15(30)7-4-13)21(24(32)25(29)33)23(31)17-11-14(27)5-10-19(17)35-2/h3-12,22,30-31H,1-2H3/b23-21+. The van der Waals surface area contributed by atoms with Crippen molar-refractivity contribution in [3.05, 3.63) is 82.4 Å². The average molecular weight is 523 g/mol. The highest BCUT2D eigenvalue weighted by Crippen LogP contribution is 2.45. The molecule has 8 nitrogen and oxygen atoms in total. The maximum Gasteiger partial charge on any atom is 0.301 e. The fourth-order valence-corrected chi connectivity index (χ4v) is 5.33. The van der Waals surface area contributed by atoms with E-state index in [-0.39, 0.29) is 27.8 Å². The number of halogens is 1. The first-order valence-corrected chi connectivity index (χ1v) is 11.9. The second-order valence-corrected chi connectivity index (χ2v) is 9.38. The number of carbonyl (C=O) groups excluding carboxylic acids is 2. The first-order valence-electron chi connectivity index (χ1n) is 10.7. The summed E-state index contributed by atoms with van der Waals surface area (Å²) in [6.07, 6.45) is 0. The van der Waals surface area contributed by atoms with E-state index in [0.717, 1.165) is 4.70 Å². The van der Waals surface area contributed by atoms with Gasteiger partial charge in [0.05, 0.1) is 41.6 Å². The third-order valence-electron chi connectivity index (χ3n) is 5.86. The fraction of sp³-hybridized carbons (Fsp3) is 0.115. The number of aliphatic hydroxyl groups excluding tert-OH is 1. The third-order valence-corrected chi connectivity index (χ3v) is 7.11. The number of hydrogen-bond donors (Lipinski definition) is 2. The van der Waals surface area contributed by atoms with Gasteiger partial charge in [-0.25, -0.2) is 4.98 Å². The van der Waals surface area contributed by atoms with Crippen LogP contribution in [0.4, 0.5) is 5.13 Å². The van der Waals surface area contributed by atoms with Crippen LogP contribution in [0.3, 0.4) is 0 Å². The molecule has 1 aliphatic rings. The number of nitrogens with zero attached hydrogens (tertiary/aromatic N) is 2. The summed E-state index contributed by atoms with van der Waals surface area (Å²) in [6, 6.07) is 14.9. The Labute approximate surface area is 214 Å². The van der Waals surface area contributed by atoms with Crippen molar-refractivity contribution in [2.75, 3.05) is 19.1 Å². The number of aromatic hydroxyl groups is 1. The van der Waals surface area contributed by atoms with Gasteiger partial charge in [-0.2, -0.15) is 0 Å². The van der Waals surface area contributed by atoms with E-state index in [2.05, 4.69) is 4.98 Å². The maximum atomic E-state index is 13.4. The van der Waals surface area contributed by atoms with E-state index in [9.17, 15) is 19.8 Å². The number of methoxy groups -OCH3 is 2. The number of aromatic nitrogens is 1. The lowest BCUT2D eigenvalue weighted by molar-refractivity contribution is -0.132. The summed E-state index contributed by atoms with van der Waals surface area (Å²) in [4.78, 5) is 32.6. The molecule has 0 radical (unpaired) electrons. The summed E-state index contributed by atoms with van der Waals surface area (Å²) in [5.74, 6) is -1.25. The topological polar surface area (TPSA) is 109 Å². The van der Waals surface area contributed by atoms with E-state index in [1.165, 1.54) is 41.5 Å². The highest BCUT2D eigenvalue weighted by atomic mass is 35.5. The number of anilines is 1. The van der Waals surface area contributed by atoms with Crippen LogP contribution in [0, 0.1) is 0 Å². The Kier molecular flexibility index (Phi) is 6.03. The summed E-state index contributed by atoms with van der Waals surface area (Å²) in [7, 11) is 2.97. The molecule has 3 aromatic carbocycles. The van der Waals surface area contributed by atoms with Gasteiger partial charge in [-0.1, -0.05) is 35.1 Å². The van der Waals surface area contributed by atoms with E-state index in [0.29, 0.717) is 21.9 Å². The van der Waals surface area contributed by atoms with Crippen LogP contribution < -0.4 is 14.4 Å². The van der Waals surface area contributed by atoms with Crippen molar-refractivity contribution in [3.63, 3.8) is 0 Å². The van der Waals surface area contributed by atoms with Crippen molar-refractivity contribution >= 4 is 55.7 Å². The van der Waals surface area contributed by atoms with Crippen LogP contribution >= 0.6 is 22.9 Å². The number of ether oxygens (including phenoxy) is 2. The Morgan fingerprint density at radius 2 is 1.78 bits per heavy atom. The minimum absolute atomic E-state index is 0.0132. The van der Waals surface area contributed by atoms with Crippen LogP contribution in [0.5, 0.6) is 17.2 Å². The molecule has 1 fully saturated rings. The maximum absolute atomic E-state index is 13.4. The molecule has 1 aliphatic heterocycles. The highest BCUT2D eigenvalue weighted by Gasteiger charge is 2.48. The number of carbonyl (C=O) groups is 2. The second kappa shape index (κ2) is 9.18. The summed E-state index contributed by atoms with van der Waals surface area (Å²) >= 11 is 7.37. The van der Waals surface area contributed by atoms with Gasteiger partial charge in [-0.05, 0) is 54.1 Å². The SMILES string of the molecule is COc1ccc2nc(N3C(=O)C(=O)/C(=C(/O)c4cc(Cl)ccc4OC)C3c3ccc(O)cc3)sc2c1. The molecule has 0 spiro atoms. The number of rotatable bonds is 5. The molecule has 4 aromatic rings. The van der Waals surface area contributed by atoms with Crippen molar-refractivity contribution in [3.8, 4) is 17.2 Å². The van der Waals surface area contributed by atoms with Crippen molar-refractivity contribution in [2.45, 2.75) is 6.04 Å². The zero-order chi connectivity index (χ0) is 25.6. The quantitative estimate of drug-likeness (QED) is 0.208. The molecular formula is C26H19ClN2O6S. The lowest BCUT2D eigenvalue weighted by Gasteiger charge is -2.23. The number of hydrogen-bond acceptors (Lipinski definition) is 8. The lowest BCUT2D eigenvalue weighted by atomic mass is 9.95. The Hall–Kier alpha value is -4.08. The Balaban J connectivity index is 1.74. The number of phenols is 1. The summed E-state index contributed by atoms with van der Waals surface area (Å²) in [5, 5.41) is 21.8. The third kappa shape index (κ3) is 3.92. The molecule has 1 saturated heterocycles. The normalized spacial score (nSPS) is 17.1. The van der Waals surface area contributed by atoms with Gasteiger partial charge in [0.25, 0.3) is 5.78 Å². The van der Waals surface area contributed by atoms with Crippen molar-refractivity contribution in [2.24, 2.45) is 0 Å². The van der Waals surface area contributed by atoms with Gasteiger partial charge in [-0.15, -0.1) is 0 Å². The Morgan fingerprint density at radius 1 is 1.03 bits per heavy atom. The molecule has 0 saturated carbocycles. The highest BCUT2D eigenvalue weighted by molar-refractivity contribution is 7.22. The van der Waals surface area contributed by atoms with E-state index in [4.69, 9.17) is 21.1 Å². The summed E-state index contributed by atoms with van der Waals surface area (Å²) < 4.78 is 11.4. The van der Waals surface area contributed by atoms with Gasteiger partial charge in [0.2, 0.25) is 0 Å². The Morgan fingerprint density at radius 3 is 2.47 bits per heavy atom. The summed E-state index contributed by atoms with van der Waals surface area (Å²) in [6.45, 7) is 0. The first kappa shape index (κ1) is 23.7. The first-order chi connectivity index (χ1) is 17.3. The fourth-order valence-electron chi connectivity index (χ4n) is 4.13. The molecule has 1 unspecified atom stereocenters. The number of phenolic OH excluding ortho intramolecular Hbond substituents is 1. The zero-order valence-electron chi connectivity index (χ0n) is 19.1. The predicted octanol–water partition coefficient (Wildman–Crippen LogP) is 5.30. The van der Waals surface area contributed by atoms with Gasteiger partial charge < -0.3 is 19.7 Å². The van der Waals surface area contributed by atoms with Gasteiger partial charge >= 0.3 is 5.91 Å². The van der Waals surface area contributed by atoms with Crippen molar-refractivity contribution in [1.29, 1.82) is 0 Å². The lowest BCUT2D eigenvalue weighted by Crippen LogP contribution is -2.29. The minimum Gasteiger partial charge on any atom is -0.508 e. The molecule has 0 bridgehead atoms. The predicted molar refractivity (Wildman–Crippen MR) is 137 cm³/mol. The van der Waals surface area contributed by atoms with E-state index in [1.807, 2.05) is 0 Å². The number of thiazole rings is 1. The molecule has 1 atom stereocenters. The number of Topliss-reactive ketones (excluding diaryl/α,β-unsaturated/α-hetero) is 1. The van der Waals surface area contributed by atoms with Gasteiger partial charge in [-0.3, -0.25) is 14.5 Å². The molecule has 1 amide bonds. The average Bonchev–Trinajstić information content (AvgIpc) is 3.41. The van der Waals surface area contributed by atoms with Crippen LogP contribution in [-0.4, -0.2) is 41.1 Å². The monoisotopic (exact) mass is 522 g/mol. The smallest absolute Gasteiger partial charge is 0.301 e. The van der Waals surface area contributed by atoms with Crippen LogP contribution in [-0.2, 0) is 9.59 Å². The van der Waals surface area contributed by atoms with E-state index < -0.39 is 23.5 Å². The van der Waals surface area contributed by atoms with Crippen LogP contribution in [0.15, 0.2) is 66.2 Å². The number of ketones is 1. The van der Waals surface area contributed by atoms with E-state index in [1.54, 1.807) is 49.6 Å². The molecule has 2 N–H and O–H groups in total. The largest absolute Gasteiger partial charge is 0.508 e. The molecule has 36 heavy (non-hydrogen) atoms. The molecule has 182 valence electrons. The zero-order valence-corrected chi connectivity index (χ0v) is 20.6. The molecular weight excluding hydrogens is 504 g/mol. The van der Waals surface area contributed by atoms with Gasteiger partial charge in [0.1, 0.15) is 23.0 Å². The Bertz CT molecular complexity index is 1550. The minimum atomic E-state index is -1.02. The van der Waals surface area contributed by atoms with Gasteiger partial charge in [0.15, 0.2) is 5.13 Å². The number of aliphatic hydroxyl groups is 1. The molecule has 1 aromatic heterocycles. The van der Waals surface area contributed by atoms with Crippen molar-refractivity contribution < 1.29 is 29.3 Å². The van der Waals surface area contributed by atoms with Crippen LogP contribution in [0.25, 0.3) is 16.0 Å². The summed E-state index contributed by atoms with van der Waals surface area (Å²) in [5.41, 5.74) is 1.13. The van der Waals surface area contributed by atoms with Crippen LogP contribution in [0.2, 0.25) is 5.02 Å². The second-order valence-electron chi connectivity index (χ2n) is 7.94. The molecule has 10 heteroatoms. The van der Waals surface area contributed by atoms with Crippen molar-refractivity contribution in [1.82, 2.24) is 4.98 Å². The number of fused-ring (bicyclic) bond motifs is 1. The van der Waals surface area contributed by atoms with Gasteiger partial charge in [0, 0.05) is 5.02 Å². The number of amides is 1. The van der Waals surface area contributed by atoms with Crippen LogP contribution in [0.1, 0.15) is 17.2 Å². The molecule has 5 rings (SSSR count). The number of benzene rings is 3. The molecule has 0 aliphatic carbocycles.